The molecule has 0 aliphatic carbocycles. The summed E-state index contributed by atoms with van der Waals surface area (Å²) in [5, 5.41) is 2.82. The molecule has 0 spiro atoms. The number of hydrogen-bond acceptors (Lipinski definition) is 4. The zero-order valence-corrected chi connectivity index (χ0v) is 11.4. The molecule has 5 nitrogen and oxygen atoms in total. The van der Waals surface area contributed by atoms with Crippen LogP contribution in [0.3, 0.4) is 0 Å². The quantitative estimate of drug-likeness (QED) is 0.902. The Hall–Kier alpha value is -1.56. The molecule has 1 aliphatic rings. The molecule has 0 atom stereocenters. The van der Waals surface area contributed by atoms with Crippen LogP contribution in [-0.4, -0.2) is 32.2 Å². The lowest BCUT2D eigenvalue weighted by Gasteiger charge is -2.17. The molecule has 1 amide bonds. The standard InChI is InChI=1S/C12H16N2O3S/c1-8(2)7-14-12(15)9-5-4-6-10(13-3)11(9)18(14,16)17/h4-6,8,13H,7H2,1-3H3. The maximum absolute atomic E-state index is 12.4. The second-order valence-electron chi connectivity index (χ2n) is 4.67. The van der Waals surface area contributed by atoms with Gasteiger partial charge < -0.3 is 5.32 Å². The Balaban J connectivity index is 2.62. The van der Waals surface area contributed by atoms with Gasteiger partial charge in [0.1, 0.15) is 4.90 Å². The highest BCUT2D eigenvalue weighted by atomic mass is 32.2. The van der Waals surface area contributed by atoms with Gasteiger partial charge in [-0.05, 0) is 18.1 Å². The monoisotopic (exact) mass is 268 g/mol. The lowest BCUT2D eigenvalue weighted by Crippen LogP contribution is -2.33. The van der Waals surface area contributed by atoms with Crippen molar-refractivity contribution in [2.75, 3.05) is 18.9 Å². The van der Waals surface area contributed by atoms with E-state index in [0.29, 0.717) is 5.69 Å². The van der Waals surface area contributed by atoms with Gasteiger partial charge in [-0.2, -0.15) is 0 Å². The van der Waals surface area contributed by atoms with Crippen LogP contribution in [0.15, 0.2) is 23.1 Å². The predicted octanol–water partition coefficient (Wildman–Crippen LogP) is 1.53. The third-order valence-corrected chi connectivity index (χ3v) is 4.67. The van der Waals surface area contributed by atoms with Crippen LogP contribution in [0.5, 0.6) is 0 Å². The minimum absolute atomic E-state index is 0.0936. The molecule has 1 heterocycles. The summed E-state index contributed by atoms with van der Waals surface area (Å²) in [5.41, 5.74) is 0.717. The molecule has 1 aromatic carbocycles. The van der Waals surface area contributed by atoms with E-state index >= 15 is 0 Å². The second-order valence-corrected chi connectivity index (χ2v) is 6.47. The Morgan fingerprint density at radius 2 is 2.00 bits per heavy atom. The first-order chi connectivity index (χ1) is 8.39. The van der Waals surface area contributed by atoms with Crippen LogP contribution >= 0.6 is 0 Å². The van der Waals surface area contributed by atoms with Crippen LogP contribution in [-0.2, 0) is 10.0 Å². The van der Waals surface area contributed by atoms with Gasteiger partial charge in [-0.25, -0.2) is 12.7 Å². The average Bonchev–Trinajstić information content (AvgIpc) is 2.50. The molecule has 1 aromatic rings. The van der Waals surface area contributed by atoms with Gasteiger partial charge in [0.2, 0.25) is 0 Å². The fourth-order valence-electron chi connectivity index (χ4n) is 2.05. The normalized spacial score (nSPS) is 17.1. The lowest BCUT2D eigenvalue weighted by atomic mass is 10.1. The van der Waals surface area contributed by atoms with E-state index in [1.54, 1.807) is 25.2 Å². The summed E-state index contributed by atoms with van der Waals surface area (Å²) >= 11 is 0. The molecule has 1 N–H and O–H groups in total. The number of anilines is 1. The molecule has 18 heavy (non-hydrogen) atoms. The third-order valence-electron chi connectivity index (χ3n) is 2.82. The summed E-state index contributed by atoms with van der Waals surface area (Å²) < 4.78 is 25.7. The maximum Gasteiger partial charge on any atom is 0.269 e. The summed E-state index contributed by atoms with van der Waals surface area (Å²) in [6.45, 7) is 3.97. The first kappa shape index (κ1) is 12.9. The van der Waals surface area contributed by atoms with Crippen molar-refractivity contribution in [1.29, 1.82) is 0 Å². The minimum atomic E-state index is -3.71. The maximum atomic E-state index is 12.4. The molecular weight excluding hydrogens is 252 g/mol. The summed E-state index contributed by atoms with van der Waals surface area (Å²) in [6, 6.07) is 4.88. The van der Waals surface area contributed by atoms with Gasteiger partial charge in [0, 0.05) is 13.6 Å². The van der Waals surface area contributed by atoms with E-state index in [1.807, 2.05) is 13.8 Å². The van der Waals surface area contributed by atoms with Crippen LogP contribution in [0.1, 0.15) is 24.2 Å². The van der Waals surface area contributed by atoms with Crippen molar-refractivity contribution < 1.29 is 13.2 Å². The van der Waals surface area contributed by atoms with Gasteiger partial charge in [0.25, 0.3) is 15.9 Å². The highest BCUT2D eigenvalue weighted by Gasteiger charge is 2.42. The van der Waals surface area contributed by atoms with Gasteiger partial charge in [-0.1, -0.05) is 19.9 Å². The van der Waals surface area contributed by atoms with Crippen LogP contribution < -0.4 is 5.32 Å². The van der Waals surface area contributed by atoms with Crippen molar-refractivity contribution in [3.63, 3.8) is 0 Å². The lowest BCUT2D eigenvalue weighted by molar-refractivity contribution is 0.0861. The summed E-state index contributed by atoms with van der Waals surface area (Å²) in [7, 11) is -2.07. The summed E-state index contributed by atoms with van der Waals surface area (Å²) in [4.78, 5) is 12.2. The van der Waals surface area contributed by atoms with Crippen molar-refractivity contribution in [2.24, 2.45) is 5.92 Å². The van der Waals surface area contributed by atoms with E-state index in [2.05, 4.69) is 5.32 Å². The molecule has 0 aromatic heterocycles. The summed E-state index contributed by atoms with van der Waals surface area (Å²) in [6.07, 6.45) is 0. The molecular formula is C12H16N2O3S. The van der Waals surface area contributed by atoms with Crippen molar-refractivity contribution >= 4 is 21.6 Å². The highest BCUT2D eigenvalue weighted by molar-refractivity contribution is 7.90. The van der Waals surface area contributed by atoms with E-state index in [1.165, 1.54) is 0 Å². The number of sulfonamides is 1. The Labute approximate surface area is 107 Å². The number of carbonyl (C=O) groups is 1. The van der Waals surface area contributed by atoms with Gasteiger partial charge >= 0.3 is 0 Å². The zero-order valence-electron chi connectivity index (χ0n) is 10.6. The van der Waals surface area contributed by atoms with Crippen LogP contribution in [0.2, 0.25) is 0 Å². The number of carbonyl (C=O) groups excluding carboxylic acids is 1. The molecule has 0 bridgehead atoms. The molecule has 1 aliphatic heterocycles. The van der Waals surface area contributed by atoms with Crippen molar-refractivity contribution in [3.8, 4) is 0 Å². The highest BCUT2D eigenvalue weighted by Crippen LogP contribution is 2.35. The van der Waals surface area contributed by atoms with E-state index < -0.39 is 15.9 Å². The first-order valence-electron chi connectivity index (χ1n) is 5.77. The van der Waals surface area contributed by atoms with Crippen molar-refractivity contribution in [2.45, 2.75) is 18.7 Å². The van der Waals surface area contributed by atoms with Gasteiger partial charge in [-0.15, -0.1) is 0 Å². The number of fused-ring (bicyclic) bond motifs is 1. The van der Waals surface area contributed by atoms with Crippen molar-refractivity contribution in [1.82, 2.24) is 4.31 Å². The second kappa shape index (κ2) is 4.28. The van der Waals surface area contributed by atoms with E-state index in [4.69, 9.17) is 0 Å². The van der Waals surface area contributed by atoms with E-state index in [9.17, 15) is 13.2 Å². The third kappa shape index (κ3) is 1.77. The number of benzene rings is 1. The minimum Gasteiger partial charge on any atom is -0.387 e. The SMILES string of the molecule is CNc1cccc2c1S(=O)(=O)N(CC(C)C)C2=O. The number of rotatable bonds is 3. The summed E-state index contributed by atoms with van der Waals surface area (Å²) in [5.74, 6) is -0.341. The number of amides is 1. The van der Waals surface area contributed by atoms with Gasteiger partial charge in [0.15, 0.2) is 0 Å². The molecule has 0 radical (unpaired) electrons. The van der Waals surface area contributed by atoms with Gasteiger partial charge in [-0.3, -0.25) is 4.79 Å². The Morgan fingerprint density at radius 3 is 2.56 bits per heavy atom. The zero-order chi connectivity index (χ0) is 13.5. The first-order valence-corrected chi connectivity index (χ1v) is 7.21. The van der Waals surface area contributed by atoms with Crippen LogP contribution in [0.4, 0.5) is 5.69 Å². The fourth-order valence-corrected chi connectivity index (χ4v) is 3.96. The molecule has 6 heteroatoms. The smallest absolute Gasteiger partial charge is 0.269 e. The Morgan fingerprint density at radius 1 is 1.33 bits per heavy atom. The molecule has 2 rings (SSSR count). The van der Waals surface area contributed by atoms with Crippen LogP contribution in [0, 0.1) is 5.92 Å². The van der Waals surface area contributed by atoms with Crippen molar-refractivity contribution in [3.05, 3.63) is 23.8 Å². The largest absolute Gasteiger partial charge is 0.387 e. The average molecular weight is 268 g/mol. The van der Waals surface area contributed by atoms with Crippen LogP contribution in [0.25, 0.3) is 0 Å². The molecule has 0 unspecified atom stereocenters. The Kier molecular flexibility index (Phi) is 3.06. The topological polar surface area (TPSA) is 66.5 Å². The number of hydrogen-bond donors (Lipinski definition) is 1. The number of nitrogens with one attached hydrogen (secondary N) is 1. The Bertz CT molecular complexity index is 593. The van der Waals surface area contributed by atoms with E-state index in [0.717, 1.165) is 4.31 Å². The fraction of sp³-hybridized carbons (Fsp3) is 0.417. The number of nitrogens with zero attached hydrogens (tertiary/aromatic N) is 1. The molecule has 0 saturated carbocycles. The predicted molar refractivity (Wildman–Crippen MR) is 69.0 cm³/mol. The molecule has 98 valence electrons. The van der Waals surface area contributed by atoms with E-state index in [-0.39, 0.29) is 22.9 Å². The molecule has 0 saturated heterocycles. The van der Waals surface area contributed by atoms with Gasteiger partial charge in [0.05, 0.1) is 11.3 Å². The molecule has 0 fully saturated rings.